The Balaban J connectivity index is 1.57. The van der Waals surface area contributed by atoms with Crippen LogP contribution in [0.4, 0.5) is 10.5 Å². The summed E-state index contributed by atoms with van der Waals surface area (Å²) >= 11 is 12.0. The Morgan fingerprint density at radius 2 is 2.00 bits per heavy atom. The number of hydrogen-bond acceptors (Lipinski definition) is 4. The van der Waals surface area contributed by atoms with Crippen LogP contribution in [-0.2, 0) is 6.42 Å². The van der Waals surface area contributed by atoms with Crippen LogP contribution in [-0.4, -0.2) is 34.7 Å². The van der Waals surface area contributed by atoms with Gasteiger partial charge in [0.25, 0.3) is 5.89 Å². The van der Waals surface area contributed by atoms with Crippen molar-refractivity contribution in [1.82, 2.24) is 15.0 Å². The molecule has 1 heterocycles. The predicted octanol–water partition coefficient (Wildman–Crippen LogP) is 4.75. The third-order valence-electron chi connectivity index (χ3n) is 3.67. The summed E-state index contributed by atoms with van der Waals surface area (Å²) in [6.45, 7) is 0.424. The van der Waals surface area contributed by atoms with E-state index in [1.165, 1.54) is 4.90 Å². The first kappa shape index (κ1) is 18.2. The van der Waals surface area contributed by atoms with E-state index >= 15 is 0 Å². The first-order valence-electron chi connectivity index (χ1n) is 7.88. The number of likely N-dealkylation sites (N-methyl/N-ethyl adjacent to an activating group) is 1. The largest absolute Gasteiger partial charge is 0.334 e. The van der Waals surface area contributed by atoms with Crippen molar-refractivity contribution in [3.8, 4) is 11.5 Å². The van der Waals surface area contributed by atoms with E-state index in [0.29, 0.717) is 46.0 Å². The summed E-state index contributed by atoms with van der Waals surface area (Å²) < 4.78 is 5.25. The van der Waals surface area contributed by atoms with Gasteiger partial charge in [0, 0.05) is 30.7 Å². The molecule has 3 aromatic rings. The lowest BCUT2D eigenvalue weighted by atomic mass is 10.2. The van der Waals surface area contributed by atoms with Gasteiger partial charge < -0.3 is 14.7 Å². The highest BCUT2D eigenvalue weighted by Crippen LogP contribution is 2.25. The van der Waals surface area contributed by atoms with Gasteiger partial charge in [0.1, 0.15) is 0 Å². The number of anilines is 1. The summed E-state index contributed by atoms with van der Waals surface area (Å²) in [6, 6.07) is 14.0. The van der Waals surface area contributed by atoms with Gasteiger partial charge in [-0.2, -0.15) is 4.98 Å². The highest BCUT2D eigenvalue weighted by Gasteiger charge is 2.14. The molecule has 1 aromatic heterocycles. The van der Waals surface area contributed by atoms with Crippen molar-refractivity contribution in [3.05, 3.63) is 64.4 Å². The highest BCUT2D eigenvalue weighted by molar-refractivity contribution is 6.33. The molecule has 0 aliphatic rings. The van der Waals surface area contributed by atoms with Crippen LogP contribution in [0.1, 0.15) is 5.82 Å². The molecular weight excluding hydrogens is 375 g/mol. The topological polar surface area (TPSA) is 71.3 Å². The summed E-state index contributed by atoms with van der Waals surface area (Å²) in [7, 11) is 1.69. The normalized spacial score (nSPS) is 10.6. The van der Waals surface area contributed by atoms with E-state index in [1.807, 2.05) is 18.2 Å². The molecular formula is C18H16Cl2N4O2. The lowest BCUT2D eigenvalue weighted by Crippen LogP contribution is -2.33. The first-order valence-corrected chi connectivity index (χ1v) is 8.63. The minimum Gasteiger partial charge on any atom is -0.334 e. The lowest BCUT2D eigenvalue weighted by molar-refractivity contribution is 0.222. The molecule has 0 unspecified atom stereocenters. The molecule has 0 atom stereocenters. The Morgan fingerprint density at radius 3 is 2.77 bits per heavy atom. The molecule has 0 bridgehead atoms. The van der Waals surface area contributed by atoms with Gasteiger partial charge in [0.05, 0.1) is 10.6 Å². The van der Waals surface area contributed by atoms with Crippen molar-refractivity contribution in [1.29, 1.82) is 0 Å². The number of carbonyl (C=O) groups excluding carboxylic acids is 1. The standard InChI is InChI=1S/C18H16Cl2N4O2/c1-24(18(25)21-13-6-4-5-12(19)11-13)10-9-16-22-17(26-23-16)14-7-2-3-8-15(14)20/h2-8,11H,9-10H2,1H3,(H,21,25). The third-order valence-corrected chi connectivity index (χ3v) is 4.23. The zero-order chi connectivity index (χ0) is 18.5. The van der Waals surface area contributed by atoms with E-state index in [1.54, 1.807) is 37.4 Å². The Bertz CT molecular complexity index is 913. The van der Waals surface area contributed by atoms with Gasteiger partial charge in [-0.25, -0.2) is 4.79 Å². The Morgan fingerprint density at radius 1 is 1.19 bits per heavy atom. The summed E-state index contributed by atoms with van der Waals surface area (Å²) in [5.74, 6) is 0.860. The van der Waals surface area contributed by atoms with Crippen LogP contribution >= 0.6 is 23.2 Å². The molecule has 2 aromatic carbocycles. The minimum atomic E-state index is -0.248. The number of nitrogens with zero attached hydrogens (tertiary/aromatic N) is 3. The maximum atomic E-state index is 12.2. The van der Waals surface area contributed by atoms with Gasteiger partial charge in [0.2, 0.25) is 0 Å². The molecule has 0 saturated heterocycles. The molecule has 26 heavy (non-hydrogen) atoms. The maximum absolute atomic E-state index is 12.2. The van der Waals surface area contributed by atoms with Crippen LogP contribution < -0.4 is 5.32 Å². The van der Waals surface area contributed by atoms with E-state index in [9.17, 15) is 4.79 Å². The third kappa shape index (κ3) is 4.53. The van der Waals surface area contributed by atoms with E-state index < -0.39 is 0 Å². The number of benzene rings is 2. The average molecular weight is 391 g/mol. The van der Waals surface area contributed by atoms with Crippen molar-refractivity contribution in [3.63, 3.8) is 0 Å². The first-order chi connectivity index (χ1) is 12.5. The van der Waals surface area contributed by atoms with E-state index in [0.717, 1.165) is 0 Å². The van der Waals surface area contributed by atoms with E-state index in [2.05, 4.69) is 15.5 Å². The van der Waals surface area contributed by atoms with Crippen molar-refractivity contribution >= 4 is 34.9 Å². The number of urea groups is 1. The van der Waals surface area contributed by atoms with Gasteiger partial charge >= 0.3 is 6.03 Å². The van der Waals surface area contributed by atoms with Crippen LogP contribution in [0.2, 0.25) is 10.0 Å². The summed E-state index contributed by atoms with van der Waals surface area (Å²) in [6.07, 6.45) is 0.452. The molecule has 2 amide bonds. The number of carbonyl (C=O) groups is 1. The number of hydrogen-bond donors (Lipinski definition) is 1. The fourth-order valence-corrected chi connectivity index (χ4v) is 2.66. The molecule has 134 valence electrons. The van der Waals surface area contributed by atoms with E-state index in [4.69, 9.17) is 27.7 Å². The van der Waals surface area contributed by atoms with Crippen LogP contribution in [0, 0.1) is 0 Å². The van der Waals surface area contributed by atoms with Crippen molar-refractivity contribution < 1.29 is 9.32 Å². The van der Waals surface area contributed by atoms with Gasteiger partial charge in [-0.1, -0.05) is 46.6 Å². The molecule has 0 fully saturated rings. The SMILES string of the molecule is CN(CCc1noc(-c2ccccc2Cl)n1)C(=O)Nc1cccc(Cl)c1. The zero-order valence-corrected chi connectivity index (χ0v) is 15.5. The van der Waals surface area contributed by atoms with Crippen molar-refractivity contribution in [2.24, 2.45) is 0 Å². The monoisotopic (exact) mass is 390 g/mol. The predicted molar refractivity (Wildman–Crippen MR) is 102 cm³/mol. The fourth-order valence-electron chi connectivity index (χ4n) is 2.25. The second-order valence-electron chi connectivity index (χ2n) is 5.61. The van der Waals surface area contributed by atoms with Gasteiger partial charge in [-0.3, -0.25) is 0 Å². The Hall–Kier alpha value is -2.57. The summed E-state index contributed by atoms with van der Waals surface area (Å²) in [4.78, 5) is 18.1. The number of halogens is 2. The molecule has 3 rings (SSSR count). The average Bonchev–Trinajstić information content (AvgIpc) is 3.09. The Kier molecular flexibility index (Phi) is 5.75. The smallest absolute Gasteiger partial charge is 0.321 e. The molecule has 0 saturated carbocycles. The van der Waals surface area contributed by atoms with Crippen LogP contribution in [0.15, 0.2) is 53.1 Å². The van der Waals surface area contributed by atoms with Gasteiger partial charge in [-0.05, 0) is 30.3 Å². The van der Waals surface area contributed by atoms with Gasteiger partial charge in [-0.15, -0.1) is 0 Å². The van der Waals surface area contributed by atoms with Crippen LogP contribution in [0.5, 0.6) is 0 Å². The van der Waals surface area contributed by atoms with Crippen molar-refractivity contribution in [2.45, 2.75) is 6.42 Å². The quantitative estimate of drug-likeness (QED) is 0.682. The molecule has 0 aliphatic carbocycles. The molecule has 6 nitrogen and oxygen atoms in total. The van der Waals surface area contributed by atoms with E-state index in [-0.39, 0.29) is 6.03 Å². The molecule has 8 heteroatoms. The minimum absolute atomic E-state index is 0.248. The van der Waals surface area contributed by atoms with Crippen molar-refractivity contribution in [2.75, 3.05) is 18.9 Å². The highest BCUT2D eigenvalue weighted by atomic mass is 35.5. The van der Waals surface area contributed by atoms with Crippen LogP contribution in [0.25, 0.3) is 11.5 Å². The maximum Gasteiger partial charge on any atom is 0.321 e. The molecule has 0 radical (unpaired) electrons. The number of aromatic nitrogens is 2. The number of rotatable bonds is 5. The second-order valence-corrected chi connectivity index (χ2v) is 6.45. The Labute approximate surface area is 160 Å². The second kappa shape index (κ2) is 8.21. The molecule has 1 N–H and O–H groups in total. The fraction of sp³-hybridized carbons (Fsp3) is 0.167. The lowest BCUT2D eigenvalue weighted by Gasteiger charge is -2.17. The number of nitrogens with one attached hydrogen (secondary N) is 1. The van der Waals surface area contributed by atoms with Gasteiger partial charge in [0.15, 0.2) is 5.82 Å². The summed E-state index contributed by atoms with van der Waals surface area (Å²) in [5.41, 5.74) is 1.31. The molecule has 0 spiro atoms. The molecule has 0 aliphatic heterocycles. The zero-order valence-electron chi connectivity index (χ0n) is 13.9. The summed E-state index contributed by atoms with van der Waals surface area (Å²) in [5, 5.41) is 7.82. The number of amides is 2. The van der Waals surface area contributed by atoms with Crippen LogP contribution in [0.3, 0.4) is 0 Å².